The molecule has 19 heavy (non-hydrogen) atoms. The molecule has 0 fully saturated rings. The molecular formula is C14H19Cl2NO2. The van der Waals surface area contributed by atoms with E-state index < -0.39 is 0 Å². The van der Waals surface area contributed by atoms with Crippen molar-refractivity contribution < 1.29 is 9.90 Å². The third-order valence-electron chi connectivity index (χ3n) is 2.90. The van der Waals surface area contributed by atoms with Gasteiger partial charge in [0, 0.05) is 13.0 Å². The molecule has 0 radical (unpaired) electrons. The van der Waals surface area contributed by atoms with Crippen molar-refractivity contribution in [2.24, 2.45) is 0 Å². The molecule has 1 unspecified atom stereocenters. The Morgan fingerprint density at radius 2 is 2.11 bits per heavy atom. The number of rotatable bonds is 7. The van der Waals surface area contributed by atoms with Gasteiger partial charge in [0.25, 0.3) is 0 Å². The molecule has 0 aliphatic carbocycles. The Morgan fingerprint density at radius 1 is 1.37 bits per heavy atom. The summed E-state index contributed by atoms with van der Waals surface area (Å²) in [7, 11) is 0. The lowest BCUT2D eigenvalue weighted by Crippen LogP contribution is -2.27. The molecule has 1 aromatic carbocycles. The maximum atomic E-state index is 11.6. The van der Waals surface area contributed by atoms with Crippen LogP contribution in [0.1, 0.15) is 31.7 Å². The second kappa shape index (κ2) is 8.41. The quantitative estimate of drug-likeness (QED) is 0.812. The first kappa shape index (κ1) is 16.3. The van der Waals surface area contributed by atoms with E-state index in [1.807, 2.05) is 13.0 Å². The third-order valence-corrected chi connectivity index (χ3v) is 3.63. The largest absolute Gasteiger partial charge is 0.393 e. The van der Waals surface area contributed by atoms with Crippen LogP contribution in [0.3, 0.4) is 0 Å². The van der Waals surface area contributed by atoms with E-state index in [2.05, 4.69) is 5.32 Å². The lowest BCUT2D eigenvalue weighted by molar-refractivity contribution is -0.121. The van der Waals surface area contributed by atoms with Crippen molar-refractivity contribution in [1.82, 2.24) is 5.32 Å². The zero-order chi connectivity index (χ0) is 14.3. The van der Waals surface area contributed by atoms with Gasteiger partial charge in [-0.05, 0) is 37.0 Å². The normalized spacial score (nSPS) is 12.2. The second-order valence-electron chi connectivity index (χ2n) is 4.45. The summed E-state index contributed by atoms with van der Waals surface area (Å²) < 4.78 is 0. The number of amides is 1. The fourth-order valence-electron chi connectivity index (χ4n) is 1.62. The smallest absolute Gasteiger partial charge is 0.220 e. The number of aliphatic hydroxyl groups excluding tert-OH is 1. The average molecular weight is 304 g/mol. The van der Waals surface area contributed by atoms with E-state index >= 15 is 0 Å². The van der Waals surface area contributed by atoms with Gasteiger partial charge >= 0.3 is 0 Å². The zero-order valence-corrected chi connectivity index (χ0v) is 12.5. The van der Waals surface area contributed by atoms with E-state index in [0.717, 1.165) is 5.56 Å². The van der Waals surface area contributed by atoms with Gasteiger partial charge in [-0.15, -0.1) is 0 Å². The van der Waals surface area contributed by atoms with Gasteiger partial charge in [-0.1, -0.05) is 36.2 Å². The minimum absolute atomic E-state index is 0.0191. The van der Waals surface area contributed by atoms with Gasteiger partial charge in [0.2, 0.25) is 5.91 Å². The summed E-state index contributed by atoms with van der Waals surface area (Å²) in [6.07, 6.45) is 1.99. The zero-order valence-electron chi connectivity index (χ0n) is 11.0. The Bertz CT molecular complexity index is 424. The fraction of sp³-hybridized carbons (Fsp3) is 0.500. The number of hydrogen-bond donors (Lipinski definition) is 2. The highest BCUT2D eigenvalue weighted by molar-refractivity contribution is 6.42. The second-order valence-corrected chi connectivity index (χ2v) is 5.26. The van der Waals surface area contributed by atoms with E-state index in [1.165, 1.54) is 0 Å². The van der Waals surface area contributed by atoms with E-state index in [-0.39, 0.29) is 12.0 Å². The molecule has 0 bridgehead atoms. The lowest BCUT2D eigenvalue weighted by atomic mass is 10.1. The van der Waals surface area contributed by atoms with Crippen LogP contribution >= 0.6 is 23.2 Å². The molecule has 0 saturated heterocycles. The number of hydrogen-bond acceptors (Lipinski definition) is 2. The van der Waals surface area contributed by atoms with Crippen molar-refractivity contribution >= 4 is 29.1 Å². The van der Waals surface area contributed by atoms with E-state index in [1.54, 1.807) is 12.1 Å². The minimum Gasteiger partial charge on any atom is -0.393 e. The summed E-state index contributed by atoms with van der Waals surface area (Å²) >= 11 is 11.7. The predicted molar refractivity (Wildman–Crippen MR) is 78.7 cm³/mol. The molecule has 0 aliphatic rings. The van der Waals surface area contributed by atoms with Crippen molar-refractivity contribution in [2.45, 2.75) is 38.7 Å². The summed E-state index contributed by atoms with van der Waals surface area (Å²) in [5, 5.41) is 13.2. The summed E-state index contributed by atoms with van der Waals surface area (Å²) in [5.74, 6) is -0.0191. The van der Waals surface area contributed by atoms with Crippen LogP contribution in [0.5, 0.6) is 0 Å². The van der Waals surface area contributed by atoms with E-state index in [4.69, 9.17) is 23.2 Å². The predicted octanol–water partition coefficient (Wildman–Crippen LogP) is 3.20. The van der Waals surface area contributed by atoms with Gasteiger partial charge in [-0.2, -0.15) is 0 Å². The molecule has 0 aliphatic heterocycles. The summed E-state index contributed by atoms with van der Waals surface area (Å²) in [5.41, 5.74) is 0.984. The summed E-state index contributed by atoms with van der Waals surface area (Å²) in [6.45, 7) is 2.42. The van der Waals surface area contributed by atoms with Crippen LogP contribution in [0.25, 0.3) is 0 Å². The third kappa shape index (κ3) is 6.28. The molecule has 5 heteroatoms. The monoisotopic (exact) mass is 303 g/mol. The number of carbonyl (C=O) groups excluding carboxylic acids is 1. The molecule has 3 nitrogen and oxygen atoms in total. The first-order chi connectivity index (χ1) is 9.02. The molecular weight excluding hydrogens is 285 g/mol. The Morgan fingerprint density at radius 3 is 2.74 bits per heavy atom. The number of aliphatic hydroxyl groups is 1. The van der Waals surface area contributed by atoms with Gasteiger partial charge in [0.05, 0.1) is 16.1 Å². The van der Waals surface area contributed by atoms with Crippen molar-refractivity contribution in [3.8, 4) is 0 Å². The van der Waals surface area contributed by atoms with Crippen LogP contribution in [0.4, 0.5) is 0 Å². The van der Waals surface area contributed by atoms with E-state index in [0.29, 0.717) is 42.3 Å². The van der Waals surface area contributed by atoms with Crippen LogP contribution in [0.2, 0.25) is 10.0 Å². The lowest BCUT2D eigenvalue weighted by Gasteiger charge is -2.09. The maximum Gasteiger partial charge on any atom is 0.220 e. The number of carbonyl (C=O) groups is 1. The van der Waals surface area contributed by atoms with Crippen LogP contribution < -0.4 is 5.32 Å². The number of benzene rings is 1. The Hall–Kier alpha value is -0.770. The highest BCUT2D eigenvalue weighted by Gasteiger charge is 2.05. The van der Waals surface area contributed by atoms with Crippen molar-refractivity contribution in [2.75, 3.05) is 6.54 Å². The number of nitrogens with one attached hydrogen (secondary N) is 1. The molecule has 1 atom stereocenters. The van der Waals surface area contributed by atoms with Crippen LogP contribution in [-0.2, 0) is 11.2 Å². The van der Waals surface area contributed by atoms with Gasteiger partial charge in [0.1, 0.15) is 0 Å². The number of halogens is 2. The molecule has 0 aromatic heterocycles. The average Bonchev–Trinajstić information content (AvgIpc) is 2.40. The molecule has 1 aromatic rings. The molecule has 1 amide bonds. The summed E-state index contributed by atoms with van der Waals surface area (Å²) in [6, 6.07) is 5.37. The van der Waals surface area contributed by atoms with Crippen molar-refractivity contribution in [3.05, 3.63) is 33.8 Å². The standard InChI is InChI=1S/C14H19Cl2NO2/c1-2-11(18)7-8-17-14(19)6-4-10-3-5-12(15)13(16)9-10/h3,5,9,11,18H,2,4,6-8H2,1H3,(H,17,19). The highest BCUT2D eigenvalue weighted by Crippen LogP contribution is 2.23. The van der Waals surface area contributed by atoms with Gasteiger partial charge in [-0.25, -0.2) is 0 Å². The Labute approximate surface area is 123 Å². The molecule has 0 spiro atoms. The molecule has 0 saturated carbocycles. The molecule has 1 rings (SSSR count). The Kier molecular flexibility index (Phi) is 7.21. The van der Waals surface area contributed by atoms with Crippen LogP contribution in [-0.4, -0.2) is 23.7 Å². The minimum atomic E-state index is -0.338. The highest BCUT2D eigenvalue weighted by atomic mass is 35.5. The van der Waals surface area contributed by atoms with Gasteiger partial charge in [0.15, 0.2) is 0 Å². The van der Waals surface area contributed by atoms with Crippen LogP contribution in [0.15, 0.2) is 18.2 Å². The first-order valence-electron chi connectivity index (χ1n) is 6.41. The van der Waals surface area contributed by atoms with Gasteiger partial charge in [-0.3, -0.25) is 4.79 Å². The van der Waals surface area contributed by atoms with Crippen molar-refractivity contribution in [3.63, 3.8) is 0 Å². The first-order valence-corrected chi connectivity index (χ1v) is 7.17. The van der Waals surface area contributed by atoms with Crippen molar-refractivity contribution in [1.29, 1.82) is 0 Å². The topological polar surface area (TPSA) is 49.3 Å². The van der Waals surface area contributed by atoms with Crippen LogP contribution in [0, 0.1) is 0 Å². The molecule has 106 valence electrons. The number of aryl methyl sites for hydroxylation is 1. The Balaban J connectivity index is 2.28. The molecule has 0 heterocycles. The van der Waals surface area contributed by atoms with Gasteiger partial charge < -0.3 is 10.4 Å². The maximum absolute atomic E-state index is 11.6. The molecule has 2 N–H and O–H groups in total. The summed E-state index contributed by atoms with van der Waals surface area (Å²) in [4.78, 5) is 11.6. The van der Waals surface area contributed by atoms with E-state index in [9.17, 15) is 9.90 Å². The SMILES string of the molecule is CCC(O)CCNC(=O)CCc1ccc(Cl)c(Cl)c1. The fourth-order valence-corrected chi connectivity index (χ4v) is 1.94.